The monoisotopic (exact) mass is 296 g/mol. The third-order valence-corrected chi connectivity index (χ3v) is 1.94. The van der Waals surface area contributed by atoms with Crippen LogP contribution in [0.25, 0.3) is 0 Å². The van der Waals surface area contributed by atoms with E-state index in [-0.39, 0.29) is 0 Å². The molecule has 0 unspecified atom stereocenters. The highest BCUT2D eigenvalue weighted by Gasteiger charge is 2.35. The molecule has 0 radical (unpaired) electrons. The minimum atomic E-state index is -5.08. The molecule has 0 aliphatic carbocycles. The molecule has 0 N–H and O–H groups in total. The van der Waals surface area contributed by atoms with E-state index in [0.29, 0.717) is 6.07 Å². The highest BCUT2D eigenvalue weighted by molar-refractivity contribution is 5.95. The molecule has 0 amide bonds. The van der Waals surface area contributed by atoms with Gasteiger partial charge in [0, 0.05) is 6.07 Å². The Morgan fingerprint density at radius 2 is 2.00 bits per heavy atom. The molecule has 0 aliphatic rings. The van der Waals surface area contributed by atoms with Crippen LogP contribution in [0.2, 0.25) is 0 Å². The van der Waals surface area contributed by atoms with Crippen molar-refractivity contribution in [2.24, 2.45) is 0 Å². The van der Waals surface area contributed by atoms with Crippen LogP contribution >= 0.6 is 0 Å². The standard InChI is InChI=1S/C9H7F3N2O6/c1-18-7-6(14(16)17)4(8(15)19-2)3-5(13-7)20-9(10,11)12/h3H,1-2H3. The number of aromatic nitrogens is 1. The third-order valence-electron chi connectivity index (χ3n) is 1.94. The van der Waals surface area contributed by atoms with Gasteiger partial charge < -0.3 is 14.2 Å². The van der Waals surface area contributed by atoms with Gasteiger partial charge in [0.2, 0.25) is 5.88 Å². The van der Waals surface area contributed by atoms with Gasteiger partial charge in [-0.25, -0.2) is 4.79 Å². The van der Waals surface area contributed by atoms with Crippen LogP contribution in [0, 0.1) is 10.1 Å². The van der Waals surface area contributed by atoms with Crippen LogP contribution < -0.4 is 9.47 Å². The summed E-state index contributed by atoms with van der Waals surface area (Å²) in [7, 11) is 1.84. The Morgan fingerprint density at radius 1 is 1.40 bits per heavy atom. The van der Waals surface area contributed by atoms with E-state index in [2.05, 4.69) is 19.2 Å². The van der Waals surface area contributed by atoms with E-state index in [1.165, 1.54) is 0 Å². The fraction of sp³-hybridized carbons (Fsp3) is 0.333. The van der Waals surface area contributed by atoms with Crippen LogP contribution in [-0.4, -0.2) is 36.5 Å². The molecule has 0 fully saturated rings. The number of halogens is 3. The van der Waals surface area contributed by atoms with Crippen LogP contribution in [0.3, 0.4) is 0 Å². The van der Waals surface area contributed by atoms with Crippen molar-refractivity contribution >= 4 is 11.7 Å². The van der Waals surface area contributed by atoms with Crippen molar-refractivity contribution in [3.63, 3.8) is 0 Å². The Bertz CT molecular complexity index is 545. The van der Waals surface area contributed by atoms with Gasteiger partial charge in [-0.2, -0.15) is 4.98 Å². The van der Waals surface area contributed by atoms with Crippen LogP contribution in [0.15, 0.2) is 6.07 Å². The summed E-state index contributed by atoms with van der Waals surface area (Å²) in [5, 5.41) is 10.8. The number of nitrogens with zero attached hydrogens (tertiary/aromatic N) is 2. The first-order valence-electron chi connectivity index (χ1n) is 4.77. The Kier molecular flexibility index (Phi) is 4.32. The van der Waals surface area contributed by atoms with E-state index in [0.717, 1.165) is 14.2 Å². The van der Waals surface area contributed by atoms with Crippen molar-refractivity contribution in [1.82, 2.24) is 4.98 Å². The summed E-state index contributed by atoms with van der Waals surface area (Å²) in [6.07, 6.45) is -5.08. The summed E-state index contributed by atoms with van der Waals surface area (Å²) in [5.41, 5.74) is -1.70. The summed E-state index contributed by atoms with van der Waals surface area (Å²) in [6, 6.07) is 0.444. The molecule has 20 heavy (non-hydrogen) atoms. The smallest absolute Gasteiger partial charge is 0.476 e. The topological polar surface area (TPSA) is 101 Å². The predicted molar refractivity (Wildman–Crippen MR) is 55.5 cm³/mol. The average Bonchev–Trinajstić information content (AvgIpc) is 2.34. The molecule has 0 atom stereocenters. The number of ether oxygens (including phenoxy) is 3. The summed E-state index contributed by atoms with van der Waals surface area (Å²) in [4.78, 5) is 24.3. The summed E-state index contributed by atoms with van der Waals surface area (Å²) in [5.74, 6) is -3.12. The lowest BCUT2D eigenvalue weighted by Crippen LogP contribution is -2.19. The lowest BCUT2D eigenvalue weighted by atomic mass is 10.2. The minimum absolute atomic E-state index is 0.444. The Hall–Kier alpha value is -2.59. The minimum Gasteiger partial charge on any atom is -0.476 e. The van der Waals surface area contributed by atoms with Crippen molar-refractivity contribution in [3.05, 3.63) is 21.7 Å². The molecule has 0 aliphatic heterocycles. The van der Waals surface area contributed by atoms with E-state index >= 15 is 0 Å². The van der Waals surface area contributed by atoms with Gasteiger partial charge in [-0.15, -0.1) is 13.2 Å². The lowest BCUT2D eigenvalue weighted by molar-refractivity contribution is -0.386. The number of rotatable bonds is 4. The van der Waals surface area contributed by atoms with Gasteiger partial charge in [0.15, 0.2) is 0 Å². The fourth-order valence-corrected chi connectivity index (χ4v) is 1.25. The fourth-order valence-electron chi connectivity index (χ4n) is 1.25. The lowest BCUT2D eigenvalue weighted by Gasteiger charge is -2.10. The van der Waals surface area contributed by atoms with Gasteiger partial charge in [0.1, 0.15) is 5.56 Å². The van der Waals surface area contributed by atoms with E-state index in [1.807, 2.05) is 0 Å². The summed E-state index contributed by atoms with van der Waals surface area (Å²) in [6.45, 7) is 0. The number of esters is 1. The SMILES string of the molecule is COC(=O)c1cc(OC(F)(F)F)nc(OC)c1[N+](=O)[O-]. The molecule has 1 heterocycles. The van der Waals surface area contributed by atoms with Gasteiger partial charge >= 0.3 is 18.0 Å². The predicted octanol–water partition coefficient (Wildman–Crippen LogP) is 1.68. The zero-order valence-corrected chi connectivity index (χ0v) is 10.1. The first kappa shape index (κ1) is 15.5. The molecule has 8 nitrogen and oxygen atoms in total. The van der Waals surface area contributed by atoms with Gasteiger partial charge in [0.25, 0.3) is 5.88 Å². The molecular weight excluding hydrogens is 289 g/mol. The number of nitro groups is 1. The van der Waals surface area contributed by atoms with Crippen LogP contribution in [0.1, 0.15) is 10.4 Å². The second-order valence-corrected chi connectivity index (χ2v) is 3.16. The quantitative estimate of drug-likeness (QED) is 0.473. The Morgan fingerprint density at radius 3 is 2.40 bits per heavy atom. The molecule has 0 aromatic carbocycles. The number of pyridine rings is 1. The molecular formula is C9H7F3N2O6. The molecule has 0 saturated heterocycles. The number of carbonyl (C=O) groups is 1. The zero-order valence-electron chi connectivity index (χ0n) is 10.1. The number of hydrogen-bond donors (Lipinski definition) is 0. The summed E-state index contributed by atoms with van der Waals surface area (Å²) < 4.78 is 48.5. The van der Waals surface area contributed by atoms with Gasteiger partial charge in [-0.1, -0.05) is 0 Å². The summed E-state index contributed by atoms with van der Waals surface area (Å²) >= 11 is 0. The number of carbonyl (C=O) groups excluding carboxylic acids is 1. The van der Waals surface area contributed by atoms with Gasteiger partial charge in [-0.3, -0.25) is 10.1 Å². The van der Waals surface area contributed by atoms with E-state index in [9.17, 15) is 28.1 Å². The van der Waals surface area contributed by atoms with Gasteiger partial charge in [-0.05, 0) is 0 Å². The number of methoxy groups -OCH3 is 2. The van der Waals surface area contributed by atoms with Crippen molar-refractivity contribution in [3.8, 4) is 11.8 Å². The first-order valence-corrected chi connectivity index (χ1v) is 4.77. The maximum absolute atomic E-state index is 12.1. The molecule has 1 aromatic heterocycles. The highest BCUT2D eigenvalue weighted by Crippen LogP contribution is 2.34. The zero-order chi connectivity index (χ0) is 15.5. The maximum Gasteiger partial charge on any atom is 0.574 e. The second-order valence-electron chi connectivity index (χ2n) is 3.16. The Labute approximate surface area is 109 Å². The number of alkyl halides is 3. The third kappa shape index (κ3) is 3.46. The molecule has 1 aromatic rings. The van der Waals surface area contributed by atoms with E-state index in [1.54, 1.807) is 0 Å². The molecule has 0 saturated carbocycles. The first-order chi connectivity index (χ1) is 9.19. The van der Waals surface area contributed by atoms with E-state index in [4.69, 9.17) is 0 Å². The van der Waals surface area contributed by atoms with Crippen LogP contribution in [-0.2, 0) is 4.74 Å². The second kappa shape index (κ2) is 5.59. The van der Waals surface area contributed by atoms with Crippen molar-refractivity contribution < 1.29 is 37.1 Å². The molecule has 0 spiro atoms. The van der Waals surface area contributed by atoms with Crippen molar-refractivity contribution in [2.45, 2.75) is 6.36 Å². The van der Waals surface area contributed by atoms with Crippen molar-refractivity contribution in [1.29, 1.82) is 0 Å². The van der Waals surface area contributed by atoms with Gasteiger partial charge in [0.05, 0.1) is 19.1 Å². The number of hydrogen-bond acceptors (Lipinski definition) is 7. The Balaban J connectivity index is 3.47. The molecule has 110 valence electrons. The molecule has 0 bridgehead atoms. The molecule has 1 rings (SSSR count). The van der Waals surface area contributed by atoms with Crippen molar-refractivity contribution in [2.75, 3.05) is 14.2 Å². The maximum atomic E-state index is 12.1. The normalized spacial score (nSPS) is 10.8. The average molecular weight is 296 g/mol. The highest BCUT2D eigenvalue weighted by atomic mass is 19.4. The van der Waals surface area contributed by atoms with Crippen LogP contribution in [0.5, 0.6) is 11.8 Å². The van der Waals surface area contributed by atoms with Crippen LogP contribution in [0.4, 0.5) is 18.9 Å². The largest absolute Gasteiger partial charge is 0.574 e. The van der Waals surface area contributed by atoms with E-state index < -0.39 is 40.3 Å². The molecule has 11 heteroatoms.